The highest BCUT2D eigenvalue weighted by Gasteiger charge is 2.32. The van der Waals surface area contributed by atoms with Gasteiger partial charge >= 0.3 is 6.36 Å². The van der Waals surface area contributed by atoms with Crippen LogP contribution in [0.25, 0.3) is 6.08 Å². The van der Waals surface area contributed by atoms with Gasteiger partial charge in [0.25, 0.3) is 0 Å². The number of nitrogens with one attached hydrogen (secondary N) is 1. The predicted molar refractivity (Wildman–Crippen MR) is 99.6 cm³/mol. The maximum absolute atomic E-state index is 12.4. The quantitative estimate of drug-likeness (QED) is 0.637. The summed E-state index contributed by atoms with van der Waals surface area (Å²) in [5.74, 6) is 0.00320. The Morgan fingerprint density at radius 3 is 2.54 bits per heavy atom. The van der Waals surface area contributed by atoms with E-state index in [0.29, 0.717) is 23.7 Å². The Morgan fingerprint density at radius 1 is 1.11 bits per heavy atom. The molecule has 1 amide bonds. The zero-order valence-corrected chi connectivity index (χ0v) is 15.4. The molecule has 0 aromatic heterocycles. The SMILES string of the molecule is CCCOc1ccc(/C=C/C(=O)Nc2ccccc2OC(F)(F)F)cc1OC. The van der Waals surface area contributed by atoms with E-state index in [0.717, 1.165) is 12.5 Å². The Kier molecular flexibility index (Phi) is 7.31. The van der Waals surface area contributed by atoms with Crippen molar-refractivity contribution >= 4 is 17.7 Å². The Hall–Kier alpha value is -3.16. The molecule has 2 rings (SSSR count). The number of para-hydroxylation sites is 2. The minimum Gasteiger partial charge on any atom is -0.493 e. The highest BCUT2D eigenvalue weighted by molar-refractivity contribution is 6.02. The molecule has 1 N–H and O–H groups in total. The van der Waals surface area contributed by atoms with Gasteiger partial charge in [0.2, 0.25) is 5.91 Å². The number of carbonyl (C=O) groups is 1. The number of halogens is 3. The van der Waals surface area contributed by atoms with E-state index in [1.165, 1.54) is 37.5 Å². The van der Waals surface area contributed by atoms with Gasteiger partial charge in [-0.1, -0.05) is 25.1 Å². The second-order valence-electron chi connectivity index (χ2n) is 5.63. The summed E-state index contributed by atoms with van der Waals surface area (Å²) < 4.78 is 52.0. The van der Waals surface area contributed by atoms with Crippen molar-refractivity contribution in [2.24, 2.45) is 0 Å². The van der Waals surface area contributed by atoms with Crippen LogP contribution in [-0.4, -0.2) is 26.0 Å². The summed E-state index contributed by atoms with van der Waals surface area (Å²) in [6.07, 6.45) is -1.29. The zero-order valence-electron chi connectivity index (χ0n) is 15.4. The van der Waals surface area contributed by atoms with E-state index in [1.54, 1.807) is 18.2 Å². The molecule has 0 aliphatic rings. The standard InChI is InChI=1S/C20H20F3NO4/c1-3-12-27-17-10-8-14(13-18(17)26-2)9-11-19(25)24-15-6-4-5-7-16(15)28-20(21,22)23/h4-11,13H,3,12H2,1-2H3,(H,24,25)/b11-9+. The molecule has 2 aromatic rings. The summed E-state index contributed by atoms with van der Waals surface area (Å²) in [7, 11) is 1.51. The number of hydrogen-bond donors (Lipinski definition) is 1. The van der Waals surface area contributed by atoms with E-state index in [9.17, 15) is 18.0 Å². The zero-order chi connectivity index (χ0) is 20.6. The largest absolute Gasteiger partial charge is 0.573 e. The number of rotatable bonds is 8. The van der Waals surface area contributed by atoms with Crippen molar-refractivity contribution in [3.05, 3.63) is 54.1 Å². The van der Waals surface area contributed by atoms with Crippen LogP contribution in [0.2, 0.25) is 0 Å². The normalized spacial score (nSPS) is 11.3. The molecule has 0 heterocycles. The van der Waals surface area contributed by atoms with Crippen LogP contribution < -0.4 is 19.5 Å². The minimum absolute atomic E-state index is 0.0876. The van der Waals surface area contributed by atoms with Crippen molar-refractivity contribution in [2.75, 3.05) is 19.0 Å². The summed E-state index contributed by atoms with van der Waals surface area (Å²) in [6.45, 7) is 2.54. The number of amides is 1. The van der Waals surface area contributed by atoms with Crippen LogP contribution in [0.5, 0.6) is 17.2 Å². The second kappa shape index (κ2) is 9.68. The molecule has 150 valence electrons. The summed E-state index contributed by atoms with van der Waals surface area (Å²) in [5.41, 5.74) is 0.575. The van der Waals surface area contributed by atoms with Crippen molar-refractivity contribution < 1.29 is 32.2 Å². The summed E-state index contributed by atoms with van der Waals surface area (Å²) in [5, 5.41) is 2.36. The maximum atomic E-state index is 12.4. The van der Waals surface area contributed by atoms with Crippen LogP contribution in [-0.2, 0) is 4.79 Å². The average molecular weight is 395 g/mol. The number of benzene rings is 2. The lowest BCUT2D eigenvalue weighted by atomic mass is 10.2. The topological polar surface area (TPSA) is 56.8 Å². The first-order valence-electron chi connectivity index (χ1n) is 8.47. The Bertz CT molecular complexity index is 834. The number of alkyl halides is 3. The van der Waals surface area contributed by atoms with Crippen LogP contribution in [0.4, 0.5) is 18.9 Å². The summed E-state index contributed by atoms with van der Waals surface area (Å²) >= 11 is 0. The van der Waals surface area contributed by atoms with Crippen LogP contribution in [0, 0.1) is 0 Å². The fourth-order valence-corrected chi connectivity index (χ4v) is 2.25. The molecule has 28 heavy (non-hydrogen) atoms. The van der Waals surface area contributed by atoms with Gasteiger partial charge in [-0.15, -0.1) is 13.2 Å². The van der Waals surface area contributed by atoms with Gasteiger partial charge in [0.05, 0.1) is 19.4 Å². The van der Waals surface area contributed by atoms with E-state index in [4.69, 9.17) is 9.47 Å². The molecule has 0 aliphatic carbocycles. The molecule has 0 bridgehead atoms. The molecule has 5 nitrogen and oxygen atoms in total. The monoisotopic (exact) mass is 395 g/mol. The van der Waals surface area contributed by atoms with Crippen molar-refractivity contribution in [3.63, 3.8) is 0 Å². The van der Waals surface area contributed by atoms with Gasteiger partial charge in [-0.3, -0.25) is 4.79 Å². The molecule has 0 spiro atoms. The van der Waals surface area contributed by atoms with Gasteiger partial charge in [-0.25, -0.2) is 0 Å². The third-order valence-electron chi connectivity index (χ3n) is 3.45. The van der Waals surface area contributed by atoms with E-state index in [-0.39, 0.29) is 5.69 Å². The molecule has 0 fully saturated rings. The molecular formula is C20H20F3NO4. The lowest BCUT2D eigenvalue weighted by Crippen LogP contribution is -2.19. The number of ether oxygens (including phenoxy) is 3. The number of carbonyl (C=O) groups excluding carboxylic acids is 1. The molecule has 0 aliphatic heterocycles. The number of hydrogen-bond acceptors (Lipinski definition) is 4. The third kappa shape index (κ3) is 6.53. The lowest BCUT2D eigenvalue weighted by Gasteiger charge is -2.13. The fourth-order valence-electron chi connectivity index (χ4n) is 2.25. The molecule has 0 atom stereocenters. The fraction of sp³-hybridized carbons (Fsp3) is 0.250. The average Bonchev–Trinajstić information content (AvgIpc) is 2.65. The molecule has 0 saturated heterocycles. The van der Waals surface area contributed by atoms with Gasteiger partial charge < -0.3 is 19.5 Å². The molecule has 2 aromatic carbocycles. The van der Waals surface area contributed by atoms with Gasteiger partial charge in [-0.2, -0.15) is 0 Å². The molecule has 0 unspecified atom stereocenters. The van der Waals surface area contributed by atoms with Crippen molar-refractivity contribution in [1.29, 1.82) is 0 Å². The first kappa shape index (κ1) is 21.1. The van der Waals surface area contributed by atoms with Gasteiger partial charge in [0, 0.05) is 6.08 Å². The van der Waals surface area contributed by atoms with E-state index in [1.807, 2.05) is 6.92 Å². The summed E-state index contributed by atoms with van der Waals surface area (Å²) in [6, 6.07) is 10.4. The molecule has 0 radical (unpaired) electrons. The molecule has 8 heteroatoms. The van der Waals surface area contributed by atoms with Gasteiger partial charge in [-0.05, 0) is 42.3 Å². The Balaban J connectivity index is 2.08. The van der Waals surface area contributed by atoms with E-state index < -0.39 is 18.0 Å². The van der Waals surface area contributed by atoms with Crippen LogP contribution in [0.15, 0.2) is 48.5 Å². The van der Waals surface area contributed by atoms with E-state index >= 15 is 0 Å². The van der Waals surface area contributed by atoms with Crippen LogP contribution in [0.3, 0.4) is 0 Å². The Labute approximate surface area is 160 Å². The predicted octanol–water partition coefficient (Wildman–Crippen LogP) is 5.03. The number of methoxy groups -OCH3 is 1. The second-order valence-corrected chi connectivity index (χ2v) is 5.63. The third-order valence-corrected chi connectivity index (χ3v) is 3.45. The van der Waals surface area contributed by atoms with Gasteiger partial charge in [0.1, 0.15) is 0 Å². The van der Waals surface area contributed by atoms with Crippen molar-refractivity contribution in [3.8, 4) is 17.2 Å². The minimum atomic E-state index is -4.85. The lowest BCUT2D eigenvalue weighted by molar-refractivity contribution is -0.274. The van der Waals surface area contributed by atoms with E-state index in [2.05, 4.69) is 10.1 Å². The maximum Gasteiger partial charge on any atom is 0.573 e. The molecule has 0 saturated carbocycles. The summed E-state index contributed by atoms with van der Waals surface area (Å²) in [4.78, 5) is 12.1. The van der Waals surface area contributed by atoms with Crippen LogP contribution in [0.1, 0.15) is 18.9 Å². The number of anilines is 1. The van der Waals surface area contributed by atoms with Crippen molar-refractivity contribution in [2.45, 2.75) is 19.7 Å². The van der Waals surface area contributed by atoms with Crippen molar-refractivity contribution in [1.82, 2.24) is 0 Å². The van der Waals surface area contributed by atoms with Gasteiger partial charge in [0.15, 0.2) is 17.2 Å². The highest BCUT2D eigenvalue weighted by atomic mass is 19.4. The first-order valence-corrected chi connectivity index (χ1v) is 8.47. The Morgan fingerprint density at radius 2 is 1.86 bits per heavy atom. The van der Waals surface area contributed by atoms with Crippen LogP contribution >= 0.6 is 0 Å². The highest BCUT2D eigenvalue weighted by Crippen LogP contribution is 2.30. The first-order chi connectivity index (χ1) is 13.3. The molecular weight excluding hydrogens is 375 g/mol. The smallest absolute Gasteiger partial charge is 0.493 e.